The minimum absolute atomic E-state index is 0. The van der Waals surface area contributed by atoms with Gasteiger partial charge in [-0.25, -0.2) is 0 Å². The van der Waals surface area contributed by atoms with Gasteiger partial charge in [-0.3, -0.25) is 9.59 Å². The minimum atomic E-state index is -0.404. The van der Waals surface area contributed by atoms with Gasteiger partial charge in [0.1, 0.15) is 0 Å². The van der Waals surface area contributed by atoms with Crippen molar-refractivity contribution in [2.24, 2.45) is 11.8 Å². The van der Waals surface area contributed by atoms with Crippen LogP contribution >= 0.6 is 35.6 Å². The maximum absolute atomic E-state index is 13.0. The Hall–Kier alpha value is -1.79. The first kappa shape index (κ1) is 21.9. The largest absolute Gasteiger partial charge is 0.343 e. The van der Waals surface area contributed by atoms with E-state index in [4.69, 9.17) is 23.2 Å². The Balaban J connectivity index is 0.00000240. The zero-order valence-electron chi connectivity index (χ0n) is 15.6. The van der Waals surface area contributed by atoms with Crippen LogP contribution in [-0.2, 0) is 4.79 Å². The molecule has 0 spiro atoms. The highest BCUT2D eigenvalue weighted by Gasteiger charge is 2.46. The predicted octanol–water partition coefficient (Wildman–Crippen LogP) is 3.56. The number of rotatable bonds is 4. The first-order valence-electron chi connectivity index (χ1n) is 9.33. The lowest BCUT2D eigenvalue weighted by Gasteiger charge is -2.28. The van der Waals surface area contributed by atoms with Crippen molar-refractivity contribution in [3.8, 4) is 0 Å². The molecule has 2 aromatic carbocycles. The molecular formula is C21H22Cl3N3O2. The molecule has 0 aliphatic carbocycles. The van der Waals surface area contributed by atoms with Gasteiger partial charge >= 0.3 is 0 Å². The van der Waals surface area contributed by atoms with E-state index in [2.05, 4.69) is 22.8 Å². The van der Waals surface area contributed by atoms with Crippen molar-refractivity contribution in [1.29, 1.82) is 0 Å². The van der Waals surface area contributed by atoms with E-state index in [1.54, 1.807) is 12.1 Å². The minimum Gasteiger partial charge on any atom is -0.343 e. The van der Waals surface area contributed by atoms with Gasteiger partial charge in [0.2, 0.25) is 5.91 Å². The second-order valence-corrected chi connectivity index (χ2v) is 8.13. The lowest BCUT2D eigenvalue weighted by atomic mass is 9.89. The molecule has 0 unspecified atom stereocenters. The third kappa shape index (κ3) is 4.53. The summed E-state index contributed by atoms with van der Waals surface area (Å²) in [4.78, 5) is 27.3. The maximum Gasteiger partial charge on any atom is 0.253 e. The molecule has 2 fully saturated rings. The molecule has 5 nitrogen and oxygen atoms in total. The average Bonchev–Trinajstić information content (AvgIpc) is 3.29. The number of hydrogen-bond donors (Lipinski definition) is 2. The molecule has 2 aromatic rings. The highest BCUT2D eigenvalue weighted by atomic mass is 35.5. The first-order chi connectivity index (χ1) is 13.5. The summed E-state index contributed by atoms with van der Waals surface area (Å²) in [6, 6.07) is 14.8. The van der Waals surface area contributed by atoms with Gasteiger partial charge < -0.3 is 15.5 Å². The van der Waals surface area contributed by atoms with Gasteiger partial charge in [0.15, 0.2) is 0 Å². The average molecular weight is 455 g/mol. The van der Waals surface area contributed by atoms with Crippen molar-refractivity contribution >= 4 is 47.4 Å². The van der Waals surface area contributed by atoms with Gasteiger partial charge in [0.25, 0.3) is 5.91 Å². The Bertz CT molecular complexity index is 894. The van der Waals surface area contributed by atoms with Gasteiger partial charge in [0.05, 0.1) is 23.2 Å². The number of nitrogens with zero attached hydrogens (tertiary/aromatic N) is 1. The molecule has 2 N–H and O–H groups in total. The summed E-state index contributed by atoms with van der Waals surface area (Å²) < 4.78 is 0. The van der Waals surface area contributed by atoms with Crippen LogP contribution in [0.25, 0.3) is 0 Å². The van der Waals surface area contributed by atoms with Crippen molar-refractivity contribution < 1.29 is 9.59 Å². The van der Waals surface area contributed by atoms with E-state index in [-0.39, 0.29) is 36.5 Å². The number of benzene rings is 2. The number of hydrogen-bond acceptors (Lipinski definition) is 3. The first-order valence-corrected chi connectivity index (χ1v) is 10.1. The van der Waals surface area contributed by atoms with Crippen LogP contribution in [0.4, 0.5) is 0 Å². The van der Waals surface area contributed by atoms with Crippen LogP contribution in [-0.4, -0.2) is 42.9 Å². The monoisotopic (exact) mass is 453 g/mol. The topological polar surface area (TPSA) is 61.4 Å². The zero-order chi connectivity index (χ0) is 19.7. The standard InChI is InChI=1S/C21H21Cl2N3O2.ClH/c22-15-6-7-18(23)16(8-15)21(28)25-11-19(27)26-12-14-9-24-10-17(14)20(26)13-4-2-1-3-5-13;/h1-8,14,17,20,24H,9-12H2,(H,25,28);1H/t14-,17-,20+;/m0./s1. The van der Waals surface area contributed by atoms with Crippen molar-refractivity contribution in [3.63, 3.8) is 0 Å². The van der Waals surface area contributed by atoms with E-state index < -0.39 is 5.91 Å². The molecule has 2 saturated heterocycles. The molecule has 0 aromatic heterocycles. The van der Waals surface area contributed by atoms with Crippen LogP contribution in [0.3, 0.4) is 0 Å². The van der Waals surface area contributed by atoms with E-state index in [0.717, 1.165) is 18.7 Å². The van der Waals surface area contributed by atoms with Crippen LogP contribution in [0.2, 0.25) is 10.0 Å². The molecule has 8 heteroatoms. The van der Waals surface area contributed by atoms with Crippen molar-refractivity contribution in [2.45, 2.75) is 6.04 Å². The van der Waals surface area contributed by atoms with E-state index in [1.165, 1.54) is 6.07 Å². The lowest BCUT2D eigenvalue weighted by Crippen LogP contribution is -2.41. The number of fused-ring (bicyclic) bond motifs is 1. The molecule has 0 radical (unpaired) electrons. The summed E-state index contributed by atoms with van der Waals surface area (Å²) in [7, 11) is 0. The summed E-state index contributed by atoms with van der Waals surface area (Å²) in [5, 5.41) is 6.85. The fourth-order valence-electron chi connectivity index (χ4n) is 4.28. The third-order valence-electron chi connectivity index (χ3n) is 5.60. The van der Waals surface area contributed by atoms with Crippen molar-refractivity contribution in [3.05, 3.63) is 69.7 Å². The van der Waals surface area contributed by atoms with Gasteiger partial charge in [0, 0.05) is 30.6 Å². The maximum atomic E-state index is 13.0. The summed E-state index contributed by atoms with van der Waals surface area (Å²) in [6.07, 6.45) is 0. The Morgan fingerprint density at radius 2 is 1.86 bits per heavy atom. The van der Waals surface area contributed by atoms with Gasteiger partial charge in [-0.05, 0) is 29.7 Å². The number of carbonyl (C=O) groups is 2. The number of likely N-dealkylation sites (tertiary alicyclic amines) is 1. The lowest BCUT2D eigenvalue weighted by molar-refractivity contribution is -0.131. The molecule has 0 saturated carbocycles. The van der Waals surface area contributed by atoms with Crippen LogP contribution in [0.5, 0.6) is 0 Å². The second kappa shape index (κ2) is 9.35. The van der Waals surface area contributed by atoms with Gasteiger partial charge in [-0.15, -0.1) is 12.4 Å². The van der Waals surface area contributed by atoms with Crippen LogP contribution in [0.1, 0.15) is 22.0 Å². The van der Waals surface area contributed by atoms with E-state index in [0.29, 0.717) is 28.4 Å². The fraction of sp³-hybridized carbons (Fsp3) is 0.333. The smallest absolute Gasteiger partial charge is 0.253 e. The molecule has 2 heterocycles. The fourth-order valence-corrected chi connectivity index (χ4v) is 4.65. The molecule has 2 aliphatic rings. The molecule has 0 bridgehead atoms. The molecule has 29 heavy (non-hydrogen) atoms. The van der Waals surface area contributed by atoms with Crippen molar-refractivity contribution in [2.75, 3.05) is 26.2 Å². The molecular weight excluding hydrogens is 433 g/mol. The van der Waals surface area contributed by atoms with Gasteiger partial charge in [-0.1, -0.05) is 53.5 Å². The predicted molar refractivity (Wildman–Crippen MR) is 117 cm³/mol. The SMILES string of the molecule is Cl.O=C(NCC(=O)N1C[C@@H]2CNC[C@@H]2[C@H]1c1ccccc1)c1cc(Cl)ccc1Cl. The molecule has 154 valence electrons. The van der Waals surface area contributed by atoms with Crippen LogP contribution in [0.15, 0.2) is 48.5 Å². The zero-order valence-corrected chi connectivity index (χ0v) is 17.9. The molecule has 2 aliphatic heterocycles. The summed E-state index contributed by atoms with van der Waals surface area (Å²) in [5.74, 6) is 0.338. The summed E-state index contributed by atoms with van der Waals surface area (Å²) in [5.41, 5.74) is 1.40. The molecule has 3 atom stereocenters. The van der Waals surface area contributed by atoms with E-state index >= 15 is 0 Å². The van der Waals surface area contributed by atoms with E-state index in [9.17, 15) is 9.59 Å². The molecule has 2 amide bonds. The Morgan fingerprint density at radius 3 is 2.62 bits per heavy atom. The highest BCUT2D eigenvalue weighted by Crippen LogP contribution is 2.42. The Morgan fingerprint density at radius 1 is 1.10 bits per heavy atom. The van der Waals surface area contributed by atoms with Gasteiger partial charge in [-0.2, -0.15) is 0 Å². The normalized spacial score (nSPS) is 22.7. The molecule has 4 rings (SSSR count). The second-order valence-electron chi connectivity index (χ2n) is 7.29. The Kier molecular flexibility index (Phi) is 7.06. The van der Waals surface area contributed by atoms with Crippen molar-refractivity contribution in [1.82, 2.24) is 15.5 Å². The van der Waals surface area contributed by atoms with Crippen LogP contribution < -0.4 is 10.6 Å². The highest BCUT2D eigenvalue weighted by molar-refractivity contribution is 6.35. The number of halogens is 3. The summed E-state index contributed by atoms with van der Waals surface area (Å²) in [6.45, 7) is 2.45. The quantitative estimate of drug-likeness (QED) is 0.742. The summed E-state index contributed by atoms with van der Waals surface area (Å²) >= 11 is 12.0. The third-order valence-corrected chi connectivity index (χ3v) is 6.16. The Labute approximate surface area is 186 Å². The number of amides is 2. The van der Waals surface area contributed by atoms with E-state index in [1.807, 2.05) is 23.1 Å². The van der Waals surface area contributed by atoms with Crippen LogP contribution in [0, 0.1) is 11.8 Å². The number of nitrogens with one attached hydrogen (secondary N) is 2. The number of carbonyl (C=O) groups excluding carboxylic acids is 2.